The first kappa shape index (κ1) is 80.4. The lowest BCUT2D eigenvalue weighted by atomic mass is 9.95. The third kappa shape index (κ3) is 16.5. The molecule has 564 valence electrons. The number of carboxylic acid groups (broad SMARTS) is 1. The lowest BCUT2D eigenvalue weighted by Crippen LogP contribution is -2.29. The molecule has 3 amide bonds. The van der Waals surface area contributed by atoms with Crippen molar-refractivity contribution in [1.82, 2.24) is 15.0 Å². The van der Waals surface area contributed by atoms with E-state index in [0.717, 1.165) is 55.6 Å². The van der Waals surface area contributed by atoms with Crippen molar-refractivity contribution in [3.8, 4) is 17.2 Å². The fraction of sp³-hybridized carbons (Fsp3) is 0.208. The molecular weight excluding hydrogens is 1480 g/mol. The molecule has 12 rings (SSSR count). The van der Waals surface area contributed by atoms with Crippen molar-refractivity contribution >= 4 is 126 Å². The number of aliphatic carboxylic acids is 1. The normalized spacial score (nSPS) is 16.7. The highest BCUT2D eigenvalue weighted by atomic mass is 32.1. The van der Waals surface area contributed by atoms with Gasteiger partial charge in [0.25, 0.3) is 23.3 Å². The molecule has 3 aliphatic rings. The molecule has 26 nitrogen and oxygen atoms in total. The predicted octanol–water partition coefficient (Wildman–Crippen LogP) is 13.1. The maximum Gasteiger partial charge on any atom is 0.350 e. The van der Waals surface area contributed by atoms with Gasteiger partial charge in [0.1, 0.15) is 66.6 Å². The highest BCUT2D eigenvalue weighted by molar-refractivity contribution is 7.18. The minimum absolute atomic E-state index is 0.0734. The molecule has 3 aromatic heterocycles. The molecule has 0 radical (unpaired) electrons. The molecule has 6 heterocycles. The number of hydrogen-bond acceptors (Lipinski definition) is 25. The molecule has 3 fully saturated rings. The monoisotopic (exact) mass is 1550 g/mol. The van der Waals surface area contributed by atoms with Crippen LogP contribution in [0.25, 0.3) is 17.3 Å². The molecule has 0 bridgehead atoms. The highest BCUT2D eigenvalue weighted by Crippen LogP contribution is 2.48. The zero-order valence-electron chi connectivity index (χ0n) is 60.2. The number of benzene rings is 6. The van der Waals surface area contributed by atoms with Crippen molar-refractivity contribution < 1.29 is 110 Å². The quantitative estimate of drug-likeness (QED) is 0.0243. The van der Waals surface area contributed by atoms with Crippen LogP contribution in [-0.4, -0.2) is 137 Å². The van der Waals surface area contributed by atoms with Crippen LogP contribution in [0.1, 0.15) is 121 Å². The number of nitrogens with zero attached hydrogens (tertiary/aromatic N) is 6. The second-order valence-electron chi connectivity index (χ2n) is 23.9. The van der Waals surface area contributed by atoms with Crippen molar-refractivity contribution in [3.63, 3.8) is 0 Å². The van der Waals surface area contributed by atoms with E-state index in [1.54, 1.807) is 96.1 Å². The van der Waals surface area contributed by atoms with Gasteiger partial charge >= 0.3 is 35.6 Å². The summed E-state index contributed by atoms with van der Waals surface area (Å²) < 4.78 is 71.1. The molecule has 109 heavy (non-hydrogen) atoms. The van der Waals surface area contributed by atoms with Gasteiger partial charge in [-0.25, -0.2) is 42.5 Å². The number of aryl methyl sites for hydroxylation is 6. The van der Waals surface area contributed by atoms with Gasteiger partial charge in [-0.1, -0.05) is 70.4 Å². The van der Waals surface area contributed by atoms with Crippen LogP contribution in [0.15, 0.2) is 144 Å². The number of esters is 3. The largest absolute Gasteiger partial charge is 0.507 e. The number of carboxylic acids is 1. The zero-order chi connectivity index (χ0) is 79.9. The van der Waals surface area contributed by atoms with E-state index in [-0.39, 0.29) is 46.7 Å². The minimum atomic E-state index is -1.10. The number of halogens is 3. The Hall–Kier alpha value is -12.7. The van der Waals surface area contributed by atoms with Crippen LogP contribution in [0.2, 0.25) is 0 Å². The molecule has 4 N–H and O–H groups in total. The lowest BCUT2D eigenvalue weighted by Gasteiger charge is -2.23. The summed E-state index contributed by atoms with van der Waals surface area (Å²) in [4.78, 5) is 141. The Morgan fingerprint density at radius 3 is 0.789 bits per heavy atom. The van der Waals surface area contributed by atoms with Crippen molar-refractivity contribution in [2.75, 3.05) is 57.4 Å². The van der Waals surface area contributed by atoms with E-state index in [1.807, 2.05) is 0 Å². The van der Waals surface area contributed by atoms with Gasteiger partial charge in [0.05, 0.1) is 94.6 Å². The summed E-state index contributed by atoms with van der Waals surface area (Å²) in [6.07, 6.45) is 0. The standard InChI is InChI=1S/3C25H21FN2O6S.C2H4O2/c3*1-12-11-15(7-10-17(12)33-3)20(29)18-19(14-5-8-16(26)9-6-14)28(23(31)21(18)30)25-27-13(2)22(35-25)24(32)34-4;1-2(3)4/h3*5-11,19,29H,1-4H3;1H3,(H,3,4). The van der Waals surface area contributed by atoms with Crippen molar-refractivity contribution in [3.05, 3.63) is 243 Å². The van der Waals surface area contributed by atoms with E-state index in [1.165, 1.54) is 115 Å². The Kier molecular flexibility index (Phi) is 25.0. The summed E-state index contributed by atoms with van der Waals surface area (Å²) >= 11 is 2.66. The highest BCUT2D eigenvalue weighted by Gasteiger charge is 2.52. The number of amides is 3. The summed E-state index contributed by atoms with van der Waals surface area (Å²) in [6.45, 7) is 11.1. The van der Waals surface area contributed by atoms with Gasteiger partial charge in [-0.3, -0.25) is 48.3 Å². The number of Topliss-reactive ketones (excluding diaryl/α,β-unsaturated/α-hetero) is 3. The summed E-state index contributed by atoms with van der Waals surface area (Å²) in [6, 6.07) is 26.9. The average Bonchev–Trinajstić information content (AvgIpc) is 1.61. The summed E-state index contributed by atoms with van der Waals surface area (Å²) in [5, 5.41) is 41.3. The number of rotatable bonds is 15. The molecule has 3 aliphatic heterocycles. The van der Waals surface area contributed by atoms with Crippen LogP contribution >= 0.6 is 34.0 Å². The Morgan fingerprint density at radius 1 is 0.376 bits per heavy atom. The first-order chi connectivity index (χ1) is 51.7. The van der Waals surface area contributed by atoms with Crippen molar-refractivity contribution in [2.24, 2.45) is 0 Å². The molecule has 9 aromatic rings. The fourth-order valence-electron chi connectivity index (χ4n) is 11.8. The number of methoxy groups -OCH3 is 6. The SMILES string of the molecule is CC(=O)O.COC(=O)c1sc(N2C(=O)C(=O)C(=C(O)c3ccc(OC)c(C)c3)C2c2ccc(F)cc2)nc1C.COC(=O)c1sc(N2C(=O)C(=O)C(=C(O)c3ccc(OC)c(C)c3)C2c2ccc(F)cc2)nc1C.COC(=O)c1sc(N2C(=O)C(=O)C(=C(O)c3ccc(OC)c(C)c3)C2c2ccc(F)cc2)nc1C. The number of ketones is 3. The smallest absolute Gasteiger partial charge is 0.350 e. The first-order valence-corrected chi connectivity index (χ1v) is 34.7. The van der Waals surface area contributed by atoms with Gasteiger partial charge in [-0.2, -0.15) is 0 Å². The Balaban J connectivity index is 0.000000184. The lowest BCUT2D eigenvalue weighted by molar-refractivity contribution is -0.134. The number of carbonyl (C=O) groups excluding carboxylic acids is 9. The Labute approximate surface area is 631 Å². The topological polar surface area (TPSA) is 355 Å². The van der Waals surface area contributed by atoms with Crippen molar-refractivity contribution in [2.45, 2.75) is 66.6 Å². The van der Waals surface area contributed by atoms with E-state index in [4.69, 9.17) is 38.3 Å². The van der Waals surface area contributed by atoms with E-state index < -0.39 is 112 Å². The third-order valence-corrected chi connectivity index (χ3v) is 20.4. The van der Waals surface area contributed by atoms with Gasteiger partial charge in [-0.15, -0.1) is 0 Å². The molecule has 32 heteroatoms. The summed E-state index contributed by atoms with van der Waals surface area (Å²) in [7, 11) is 8.22. The molecule has 6 aromatic carbocycles. The first-order valence-electron chi connectivity index (χ1n) is 32.3. The maximum absolute atomic E-state index is 13.7. The third-order valence-electron chi connectivity index (χ3n) is 17.0. The van der Waals surface area contributed by atoms with E-state index in [0.29, 0.717) is 84.4 Å². The number of ether oxygens (including phenoxy) is 6. The number of carbonyl (C=O) groups is 10. The van der Waals surface area contributed by atoms with Gasteiger partial charge in [-0.05, 0) is 166 Å². The fourth-order valence-corrected chi connectivity index (χ4v) is 14.9. The van der Waals surface area contributed by atoms with Crippen LogP contribution in [-0.2, 0) is 47.8 Å². The maximum atomic E-state index is 13.7. The Morgan fingerprint density at radius 2 is 0.596 bits per heavy atom. The van der Waals surface area contributed by atoms with Crippen LogP contribution in [0.5, 0.6) is 17.2 Å². The molecule has 3 atom stereocenters. The van der Waals surface area contributed by atoms with Gasteiger partial charge in [0, 0.05) is 23.6 Å². The van der Waals surface area contributed by atoms with Crippen LogP contribution in [0, 0.1) is 59.0 Å². The second-order valence-corrected chi connectivity index (χ2v) is 26.9. The molecule has 3 saturated heterocycles. The van der Waals surface area contributed by atoms with Gasteiger partial charge in [0.2, 0.25) is 0 Å². The van der Waals surface area contributed by atoms with E-state index in [9.17, 15) is 71.6 Å². The summed E-state index contributed by atoms with van der Waals surface area (Å²) in [5.74, 6) is -9.26. The molecule has 0 saturated carbocycles. The van der Waals surface area contributed by atoms with E-state index in [2.05, 4.69) is 15.0 Å². The van der Waals surface area contributed by atoms with Gasteiger partial charge in [0.15, 0.2) is 15.4 Å². The number of hydrogen-bond donors (Lipinski definition) is 4. The molecule has 0 spiro atoms. The zero-order valence-corrected chi connectivity index (χ0v) is 62.7. The Bertz CT molecular complexity index is 4750. The molecule has 0 aliphatic carbocycles. The number of anilines is 3. The number of aliphatic hydroxyl groups excluding tert-OH is 3. The number of aromatic nitrogens is 3. The van der Waals surface area contributed by atoms with Crippen LogP contribution < -0.4 is 28.9 Å². The van der Waals surface area contributed by atoms with E-state index >= 15 is 0 Å². The molecular formula is C77H67F3N6O20S3. The average molecular weight is 1550 g/mol. The minimum Gasteiger partial charge on any atom is -0.507 e. The summed E-state index contributed by atoms with van der Waals surface area (Å²) in [5.41, 5.74) is 4.60. The van der Waals surface area contributed by atoms with Crippen LogP contribution in [0.4, 0.5) is 28.6 Å². The van der Waals surface area contributed by atoms with Gasteiger partial charge < -0.3 is 48.8 Å². The second kappa shape index (κ2) is 33.8. The predicted molar refractivity (Wildman–Crippen MR) is 395 cm³/mol. The molecule has 3 unspecified atom stereocenters. The number of thiazole rings is 3. The van der Waals surface area contributed by atoms with Crippen LogP contribution in [0.3, 0.4) is 0 Å². The number of aliphatic hydroxyl groups is 3. The van der Waals surface area contributed by atoms with Crippen molar-refractivity contribution in [1.29, 1.82) is 0 Å².